The lowest BCUT2D eigenvalue weighted by Crippen LogP contribution is -2.58. The van der Waals surface area contributed by atoms with Gasteiger partial charge in [-0.15, -0.1) is 0 Å². The summed E-state index contributed by atoms with van der Waals surface area (Å²) in [6.07, 6.45) is 1.33. The van der Waals surface area contributed by atoms with Crippen LogP contribution in [0.5, 0.6) is 0 Å². The summed E-state index contributed by atoms with van der Waals surface area (Å²) in [6, 6.07) is 14.2. The molecule has 1 atom stereocenters. The van der Waals surface area contributed by atoms with Gasteiger partial charge in [0.05, 0.1) is 11.4 Å². The maximum absolute atomic E-state index is 12.8. The van der Waals surface area contributed by atoms with Crippen LogP contribution in [-0.2, 0) is 9.59 Å². The average Bonchev–Trinajstić information content (AvgIpc) is 2.58. The van der Waals surface area contributed by atoms with Crippen LogP contribution in [0.25, 0.3) is 0 Å². The molecule has 1 heterocycles. The molecule has 0 saturated carbocycles. The number of carbonyl (C=O) groups excluding carboxylic acids is 2. The Hall–Kier alpha value is -2.57. The van der Waals surface area contributed by atoms with Crippen LogP contribution in [0.2, 0.25) is 5.02 Å². The number of nitrogens with zero attached hydrogens (tertiary/aromatic N) is 2. The number of aryl methyl sites for hydroxylation is 1. The van der Waals surface area contributed by atoms with Crippen molar-refractivity contribution in [3.05, 3.63) is 59.1 Å². The van der Waals surface area contributed by atoms with Crippen LogP contribution in [-0.4, -0.2) is 23.1 Å². The second-order valence-corrected chi connectivity index (χ2v) is 6.31. The van der Waals surface area contributed by atoms with E-state index in [0.29, 0.717) is 16.4 Å². The van der Waals surface area contributed by atoms with Gasteiger partial charge < -0.3 is 5.32 Å². The molecule has 2 amide bonds. The van der Waals surface area contributed by atoms with Crippen molar-refractivity contribution in [1.82, 2.24) is 5.32 Å². The molecular formula is C18H14ClN3O2S. The molecule has 1 fully saturated rings. The molecule has 5 nitrogen and oxygen atoms in total. The fraction of sp³-hybridized carbons (Fsp3) is 0.111. The van der Waals surface area contributed by atoms with Crippen LogP contribution in [0, 0.1) is 12.8 Å². The topological polar surface area (TPSA) is 61.8 Å². The van der Waals surface area contributed by atoms with Gasteiger partial charge in [-0.1, -0.05) is 35.9 Å². The zero-order chi connectivity index (χ0) is 18.0. The molecule has 1 saturated heterocycles. The second-order valence-electron chi connectivity index (χ2n) is 5.49. The Labute approximate surface area is 155 Å². The second kappa shape index (κ2) is 7.13. The minimum Gasteiger partial charge on any atom is -0.301 e. The number of nitrogens with one attached hydrogen (secondary N) is 1. The predicted molar refractivity (Wildman–Crippen MR) is 102 cm³/mol. The van der Waals surface area contributed by atoms with E-state index in [1.165, 1.54) is 11.1 Å². The van der Waals surface area contributed by atoms with Crippen LogP contribution >= 0.6 is 23.8 Å². The van der Waals surface area contributed by atoms with Crippen molar-refractivity contribution in [3.8, 4) is 0 Å². The van der Waals surface area contributed by atoms with Gasteiger partial charge in [0.15, 0.2) is 11.0 Å². The number of thiocarbonyl (C=S) groups is 1. The molecule has 0 aromatic heterocycles. The van der Waals surface area contributed by atoms with E-state index in [1.807, 2.05) is 19.1 Å². The van der Waals surface area contributed by atoms with Crippen LogP contribution in [0.15, 0.2) is 53.5 Å². The van der Waals surface area contributed by atoms with E-state index in [-0.39, 0.29) is 5.11 Å². The Morgan fingerprint density at radius 1 is 1.20 bits per heavy atom. The maximum atomic E-state index is 12.8. The number of aliphatic imine (C=N–C) groups is 1. The normalized spacial score (nSPS) is 17.9. The Bertz CT molecular complexity index is 883. The van der Waals surface area contributed by atoms with Gasteiger partial charge in [-0.05, 0) is 49.0 Å². The molecule has 0 spiro atoms. The zero-order valence-electron chi connectivity index (χ0n) is 13.3. The summed E-state index contributed by atoms with van der Waals surface area (Å²) in [5.41, 5.74) is 2.09. The number of carbonyl (C=O) groups is 2. The van der Waals surface area contributed by atoms with Crippen molar-refractivity contribution in [2.45, 2.75) is 6.92 Å². The minimum absolute atomic E-state index is 0.0600. The summed E-state index contributed by atoms with van der Waals surface area (Å²) < 4.78 is 0. The number of anilines is 1. The highest BCUT2D eigenvalue weighted by molar-refractivity contribution is 7.80. The number of rotatable bonds is 3. The fourth-order valence-corrected chi connectivity index (χ4v) is 2.88. The van der Waals surface area contributed by atoms with E-state index >= 15 is 0 Å². The number of hydrogen-bond donors (Lipinski definition) is 1. The molecule has 0 unspecified atom stereocenters. The van der Waals surface area contributed by atoms with Gasteiger partial charge in [0, 0.05) is 11.2 Å². The van der Waals surface area contributed by atoms with Crippen LogP contribution < -0.4 is 10.2 Å². The van der Waals surface area contributed by atoms with Gasteiger partial charge in [0.25, 0.3) is 5.91 Å². The van der Waals surface area contributed by atoms with Gasteiger partial charge in [0.1, 0.15) is 0 Å². The van der Waals surface area contributed by atoms with Crippen molar-refractivity contribution >= 4 is 58.3 Å². The third kappa shape index (κ3) is 3.60. The van der Waals surface area contributed by atoms with Gasteiger partial charge in [-0.25, -0.2) is 0 Å². The Morgan fingerprint density at radius 2 is 1.92 bits per heavy atom. The van der Waals surface area contributed by atoms with Gasteiger partial charge >= 0.3 is 0 Å². The third-order valence-corrected chi connectivity index (χ3v) is 4.27. The lowest BCUT2D eigenvalue weighted by molar-refractivity contribution is -0.130. The number of amides is 2. The molecule has 7 heteroatoms. The first kappa shape index (κ1) is 17.3. The molecule has 2 aromatic carbocycles. The molecule has 3 rings (SSSR count). The van der Waals surface area contributed by atoms with E-state index in [4.69, 9.17) is 23.8 Å². The van der Waals surface area contributed by atoms with E-state index in [9.17, 15) is 9.59 Å². The summed E-state index contributed by atoms with van der Waals surface area (Å²) in [5.74, 6) is -2.00. The van der Waals surface area contributed by atoms with Gasteiger partial charge in [-0.2, -0.15) is 0 Å². The lowest BCUT2D eigenvalue weighted by Gasteiger charge is -2.30. The molecule has 0 bridgehead atoms. The Balaban J connectivity index is 1.91. The molecule has 1 aliphatic rings. The van der Waals surface area contributed by atoms with Gasteiger partial charge in [0.2, 0.25) is 5.91 Å². The quantitative estimate of drug-likeness (QED) is 0.511. The Kier molecular flexibility index (Phi) is 4.92. The van der Waals surface area contributed by atoms with Crippen molar-refractivity contribution in [1.29, 1.82) is 0 Å². The number of halogens is 1. The van der Waals surface area contributed by atoms with Crippen LogP contribution in [0.4, 0.5) is 11.4 Å². The number of hydrogen-bond acceptors (Lipinski definition) is 4. The summed E-state index contributed by atoms with van der Waals surface area (Å²) in [4.78, 5) is 30.6. The fourth-order valence-electron chi connectivity index (χ4n) is 2.42. The highest BCUT2D eigenvalue weighted by atomic mass is 35.5. The minimum atomic E-state index is -1.06. The molecule has 2 aromatic rings. The lowest BCUT2D eigenvalue weighted by atomic mass is 10.1. The van der Waals surface area contributed by atoms with Crippen molar-refractivity contribution in [2.24, 2.45) is 10.9 Å². The predicted octanol–water partition coefficient (Wildman–Crippen LogP) is 3.41. The van der Waals surface area contributed by atoms with Crippen molar-refractivity contribution in [2.75, 3.05) is 4.90 Å². The molecule has 1 N–H and O–H groups in total. The van der Waals surface area contributed by atoms with Crippen LogP contribution in [0.1, 0.15) is 5.56 Å². The first-order valence-corrected chi connectivity index (χ1v) is 8.30. The molecule has 0 aliphatic carbocycles. The van der Waals surface area contributed by atoms with Crippen molar-refractivity contribution < 1.29 is 9.59 Å². The summed E-state index contributed by atoms with van der Waals surface area (Å²) in [7, 11) is 0. The first-order chi connectivity index (χ1) is 12.0. The standard InChI is InChI=1S/C18H14ClN3O2S/c1-11-7-8-12(19)9-15(11)20-10-14-16(23)21-18(25)22(17(14)24)13-5-3-2-4-6-13/h2-10,14H,1H3,(H,21,23,25)/t14-/m0/s1. The van der Waals surface area contributed by atoms with Crippen molar-refractivity contribution in [3.63, 3.8) is 0 Å². The van der Waals surface area contributed by atoms with E-state index < -0.39 is 17.7 Å². The molecule has 25 heavy (non-hydrogen) atoms. The third-order valence-electron chi connectivity index (χ3n) is 3.75. The number of benzene rings is 2. The Morgan fingerprint density at radius 3 is 2.64 bits per heavy atom. The van der Waals surface area contributed by atoms with E-state index in [1.54, 1.807) is 36.4 Å². The smallest absolute Gasteiger partial charge is 0.251 e. The van der Waals surface area contributed by atoms with E-state index in [0.717, 1.165) is 5.56 Å². The molecule has 1 aliphatic heterocycles. The summed E-state index contributed by atoms with van der Waals surface area (Å²) in [5, 5.41) is 3.14. The van der Waals surface area contributed by atoms with Gasteiger partial charge in [-0.3, -0.25) is 19.5 Å². The molecular weight excluding hydrogens is 358 g/mol. The summed E-state index contributed by atoms with van der Waals surface area (Å²) in [6.45, 7) is 1.87. The maximum Gasteiger partial charge on any atom is 0.251 e. The average molecular weight is 372 g/mol. The number of para-hydroxylation sites is 1. The largest absolute Gasteiger partial charge is 0.301 e. The molecule has 126 valence electrons. The summed E-state index contributed by atoms with van der Waals surface area (Å²) >= 11 is 11.1. The van der Waals surface area contributed by atoms with Crippen LogP contribution in [0.3, 0.4) is 0 Å². The first-order valence-electron chi connectivity index (χ1n) is 7.51. The highest BCUT2D eigenvalue weighted by Crippen LogP contribution is 2.24. The monoisotopic (exact) mass is 371 g/mol. The zero-order valence-corrected chi connectivity index (χ0v) is 14.8. The highest BCUT2D eigenvalue weighted by Gasteiger charge is 2.38. The molecule has 0 radical (unpaired) electrons. The SMILES string of the molecule is Cc1ccc(Cl)cc1N=C[C@H]1C(=O)NC(=S)N(c2ccccc2)C1=O. The van der Waals surface area contributed by atoms with E-state index in [2.05, 4.69) is 10.3 Å².